The van der Waals surface area contributed by atoms with E-state index in [9.17, 15) is 14.4 Å². The van der Waals surface area contributed by atoms with E-state index in [1.807, 2.05) is 9.80 Å². The topological polar surface area (TPSA) is 99.0 Å². The summed E-state index contributed by atoms with van der Waals surface area (Å²) in [5.41, 5.74) is 4.95. The Kier molecular flexibility index (Phi) is 5.73. The number of primary amides is 1. The lowest BCUT2D eigenvalue weighted by molar-refractivity contribution is -0.135. The summed E-state index contributed by atoms with van der Waals surface area (Å²) in [6.07, 6.45) is 2.35. The number of likely N-dealkylation sites (tertiary alicyclic amines) is 1. The predicted octanol–water partition coefficient (Wildman–Crippen LogP) is -1.19. The molecule has 0 saturated carbocycles. The number of imide groups is 1. The first-order valence-corrected chi connectivity index (χ1v) is 7.82. The van der Waals surface area contributed by atoms with Gasteiger partial charge in [0.1, 0.15) is 0 Å². The lowest BCUT2D eigenvalue weighted by Crippen LogP contribution is -2.56. The van der Waals surface area contributed by atoms with Crippen LogP contribution in [0.15, 0.2) is 0 Å². The van der Waals surface area contributed by atoms with Gasteiger partial charge in [-0.3, -0.25) is 24.7 Å². The molecular weight excluding hydrogens is 286 g/mol. The second-order valence-electron chi connectivity index (χ2n) is 5.93. The number of carbonyl (C=O) groups excluding carboxylic acids is 3. The van der Waals surface area contributed by atoms with E-state index in [0.29, 0.717) is 32.7 Å². The van der Waals surface area contributed by atoms with Gasteiger partial charge in [-0.1, -0.05) is 0 Å². The first-order valence-electron chi connectivity index (χ1n) is 7.82. The van der Waals surface area contributed by atoms with Crippen LogP contribution in [0.3, 0.4) is 0 Å². The summed E-state index contributed by atoms with van der Waals surface area (Å²) in [6.45, 7) is 6.73. The van der Waals surface area contributed by atoms with Crippen molar-refractivity contribution in [2.24, 2.45) is 5.73 Å². The Bertz CT molecular complexity index is 428. The minimum Gasteiger partial charge on any atom is -0.351 e. The lowest BCUT2D eigenvalue weighted by Gasteiger charge is -2.37. The third-order valence-corrected chi connectivity index (χ3v) is 4.40. The van der Waals surface area contributed by atoms with Gasteiger partial charge in [-0.2, -0.15) is 0 Å². The van der Waals surface area contributed by atoms with Crippen LogP contribution in [0.25, 0.3) is 0 Å². The van der Waals surface area contributed by atoms with Crippen molar-refractivity contribution in [3.8, 4) is 0 Å². The molecule has 8 heteroatoms. The molecule has 0 radical (unpaired) electrons. The predicted molar refractivity (Wildman–Crippen MR) is 81.0 cm³/mol. The van der Waals surface area contributed by atoms with Crippen LogP contribution in [0.2, 0.25) is 0 Å². The van der Waals surface area contributed by atoms with Crippen LogP contribution in [-0.4, -0.2) is 84.4 Å². The largest absolute Gasteiger partial charge is 0.351 e. The molecular formula is C14H25N5O3. The van der Waals surface area contributed by atoms with Gasteiger partial charge in [-0.15, -0.1) is 0 Å². The molecule has 3 N–H and O–H groups in total. The summed E-state index contributed by atoms with van der Waals surface area (Å²) >= 11 is 0. The summed E-state index contributed by atoms with van der Waals surface area (Å²) in [5, 5.41) is 2.09. The number of rotatable bonds is 4. The first-order chi connectivity index (χ1) is 10.5. The zero-order chi connectivity index (χ0) is 16.1. The van der Waals surface area contributed by atoms with E-state index < -0.39 is 18.0 Å². The van der Waals surface area contributed by atoms with Gasteiger partial charge in [-0.25, -0.2) is 4.79 Å². The highest BCUT2D eigenvalue weighted by atomic mass is 16.2. The molecule has 0 unspecified atom stereocenters. The monoisotopic (exact) mass is 311 g/mol. The molecule has 2 aliphatic heterocycles. The van der Waals surface area contributed by atoms with Crippen LogP contribution in [0.4, 0.5) is 4.79 Å². The van der Waals surface area contributed by atoms with Gasteiger partial charge < -0.3 is 10.6 Å². The molecule has 0 aromatic heterocycles. The quantitative estimate of drug-likeness (QED) is 0.680. The van der Waals surface area contributed by atoms with Crippen molar-refractivity contribution in [3.05, 3.63) is 0 Å². The summed E-state index contributed by atoms with van der Waals surface area (Å²) in [4.78, 5) is 40.7. The van der Waals surface area contributed by atoms with E-state index in [-0.39, 0.29) is 5.91 Å². The molecule has 1 atom stereocenters. The molecule has 2 saturated heterocycles. The number of amides is 4. The fourth-order valence-corrected chi connectivity index (χ4v) is 2.98. The molecule has 0 aromatic rings. The fourth-order valence-electron chi connectivity index (χ4n) is 2.98. The summed E-state index contributed by atoms with van der Waals surface area (Å²) in [6, 6.07) is -1.26. The summed E-state index contributed by atoms with van der Waals surface area (Å²) in [7, 11) is 0. The molecule has 0 spiro atoms. The smallest absolute Gasteiger partial charge is 0.318 e. The molecule has 8 nitrogen and oxygen atoms in total. The average molecular weight is 311 g/mol. The number of nitrogens with two attached hydrogens (primary N) is 1. The Hall–Kier alpha value is -1.67. The molecule has 0 aromatic carbocycles. The fraction of sp³-hybridized carbons (Fsp3) is 0.786. The number of piperazine rings is 1. The highest BCUT2D eigenvalue weighted by Gasteiger charge is 2.28. The second kappa shape index (κ2) is 7.55. The Balaban J connectivity index is 1.75. The summed E-state index contributed by atoms with van der Waals surface area (Å²) < 4.78 is 0. The maximum atomic E-state index is 12.2. The van der Waals surface area contributed by atoms with Gasteiger partial charge in [-0.05, 0) is 32.9 Å². The molecule has 2 fully saturated rings. The number of nitrogens with zero attached hydrogens (tertiary/aromatic N) is 3. The van der Waals surface area contributed by atoms with Gasteiger partial charge in [0.05, 0.1) is 12.6 Å². The zero-order valence-corrected chi connectivity index (χ0v) is 13.1. The van der Waals surface area contributed by atoms with Crippen molar-refractivity contribution in [1.82, 2.24) is 20.0 Å². The Morgan fingerprint density at radius 2 is 1.64 bits per heavy atom. The van der Waals surface area contributed by atoms with E-state index in [1.54, 1.807) is 6.92 Å². The summed E-state index contributed by atoms with van der Waals surface area (Å²) in [5.74, 6) is -0.236. The first kappa shape index (κ1) is 16.7. The van der Waals surface area contributed by atoms with Crippen LogP contribution < -0.4 is 11.1 Å². The minimum absolute atomic E-state index is 0.163. The van der Waals surface area contributed by atoms with E-state index in [4.69, 9.17) is 5.73 Å². The van der Waals surface area contributed by atoms with Crippen LogP contribution >= 0.6 is 0 Å². The van der Waals surface area contributed by atoms with Crippen molar-refractivity contribution in [2.75, 3.05) is 45.8 Å². The van der Waals surface area contributed by atoms with Gasteiger partial charge >= 0.3 is 6.03 Å². The number of nitrogens with one attached hydrogen (secondary N) is 1. The van der Waals surface area contributed by atoms with E-state index in [0.717, 1.165) is 13.1 Å². The molecule has 4 amide bonds. The normalized spacial score (nSPS) is 21.6. The van der Waals surface area contributed by atoms with Crippen molar-refractivity contribution in [2.45, 2.75) is 25.8 Å². The van der Waals surface area contributed by atoms with Gasteiger partial charge in [0.2, 0.25) is 11.8 Å². The zero-order valence-electron chi connectivity index (χ0n) is 13.1. The minimum atomic E-state index is -0.837. The van der Waals surface area contributed by atoms with Crippen LogP contribution in [0.1, 0.15) is 19.8 Å². The molecule has 2 heterocycles. The SMILES string of the molecule is C[C@@H](C(=O)NC(N)=O)N1CCN(C(=O)CN2CCCC2)CC1. The molecule has 22 heavy (non-hydrogen) atoms. The second-order valence-corrected chi connectivity index (χ2v) is 5.93. The highest BCUT2D eigenvalue weighted by Crippen LogP contribution is 2.10. The van der Waals surface area contributed by atoms with Gasteiger partial charge in [0, 0.05) is 26.2 Å². The molecule has 124 valence electrons. The third kappa shape index (κ3) is 4.41. The number of hydrogen-bond acceptors (Lipinski definition) is 5. The molecule has 0 bridgehead atoms. The van der Waals surface area contributed by atoms with E-state index in [1.165, 1.54) is 12.8 Å². The maximum absolute atomic E-state index is 12.2. The van der Waals surface area contributed by atoms with Crippen LogP contribution in [0.5, 0.6) is 0 Å². The number of carbonyl (C=O) groups is 3. The average Bonchev–Trinajstić information content (AvgIpc) is 2.98. The van der Waals surface area contributed by atoms with Crippen LogP contribution in [-0.2, 0) is 9.59 Å². The Morgan fingerprint density at radius 3 is 2.18 bits per heavy atom. The standard InChI is InChI=1S/C14H25N5O3/c1-11(13(21)16-14(15)22)18-6-8-19(9-7-18)12(20)10-17-4-2-3-5-17/h11H,2-10H2,1H3,(H3,15,16,21,22)/t11-/m0/s1. The Morgan fingerprint density at radius 1 is 1.05 bits per heavy atom. The van der Waals surface area contributed by atoms with Crippen LogP contribution in [0, 0.1) is 0 Å². The number of hydrogen-bond donors (Lipinski definition) is 2. The Labute approximate surface area is 130 Å². The maximum Gasteiger partial charge on any atom is 0.318 e. The number of urea groups is 1. The molecule has 2 aliphatic rings. The van der Waals surface area contributed by atoms with Crippen molar-refractivity contribution in [1.29, 1.82) is 0 Å². The lowest BCUT2D eigenvalue weighted by atomic mass is 10.2. The van der Waals surface area contributed by atoms with Gasteiger partial charge in [0.15, 0.2) is 0 Å². The third-order valence-electron chi connectivity index (χ3n) is 4.40. The van der Waals surface area contributed by atoms with Gasteiger partial charge in [0.25, 0.3) is 0 Å². The molecule has 2 rings (SSSR count). The van der Waals surface area contributed by atoms with Crippen molar-refractivity contribution < 1.29 is 14.4 Å². The molecule has 0 aliphatic carbocycles. The van der Waals surface area contributed by atoms with E-state index >= 15 is 0 Å². The van der Waals surface area contributed by atoms with E-state index in [2.05, 4.69) is 10.2 Å². The van der Waals surface area contributed by atoms with Crippen molar-refractivity contribution in [3.63, 3.8) is 0 Å². The highest BCUT2D eigenvalue weighted by molar-refractivity contribution is 5.96. The van der Waals surface area contributed by atoms with Crippen molar-refractivity contribution >= 4 is 17.8 Å².